The molecule has 0 aromatic rings. The van der Waals surface area contributed by atoms with Gasteiger partial charge >= 0.3 is 39.5 Å². The van der Waals surface area contributed by atoms with E-state index in [9.17, 15) is 43.2 Å². The van der Waals surface area contributed by atoms with E-state index in [1.54, 1.807) is 0 Å². The molecule has 0 aromatic heterocycles. The van der Waals surface area contributed by atoms with E-state index in [1.807, 2.05) is 0 Å². The van der Waals surface area contributed by atoms with E-state index in [1.165, 1.54) is 180 Å². The fourth-order valence-corrected chi connectivity index (χ4v) is 12.6. The summed E-state index contributed by atoms with van der Waals surface area (Å²) in [5, 5.41) is 10.6. The smallest absolute Gasteiger partial charge is 0.462 e. The van der Waals surface area contributed by atoms with Crippen LogP contribution in [-0.4, -0.2) is 96.7 Å². The molecular formula is C73H142O17P2. The minimum Gasteiger partial charge on any atom is -0.462 e. The van der Waals surface area contributed by atoms with E-state index >= 15 is 0 Å². The van der Waals surface area contributed by atoms with Gasteiger partial charge in [-0.15, -0.1) is 0 Å². The molecule has 19 heteroatoms. The zero-order valence-electron chi connectivity index (χ0n) is 60.0. The summed E-state index contributed by atoms with van der Waals surface area (Å²) in [6.07, 6.45) is 48.4. The first-order valence-corrected chi connectivity index (χ1v) is 40.9. The Morgan fingerprint density at radius 3 is 0.826 bits per heavy atom. The molecule has 0 rings (SSSR count). The van der Waals surface area contributed by atoms with Crippen molar-refractivity contribution in [2.45, 2.75) is 388 Å². The van der Waals surface area contributed by atoms with Gasteiger partial charge in [0, 0.05) is 25.7 Å². The van der Waals surface area contributed by atoms with Crippen LogP contribution in [0.1, 0.15) is 370 Å². The predicted molar refractivity (Wildman–Crippen MR) is 372 cm³/mol. The standard InChI is InChI=1S/C73H142O17P2/c1-8-10-11-12-13-14-15-16-17-18-26-35-42-49-56-72(77)89-68(60-83-70(75)54-47-40-33-25-21-19-23-30-37-44-51-64(3)4)62-87-91(79,80)85-58-67(74)59-86-92(81,82)88-63-69(61-84-71(76)55-48-41-34-29-28-32-39-46-53-66(7)9-2)90-73(78)57-50-43-36-27-22-20-24-31-38-45-52-65(5)6/h64-69,74H,8-63H2,1-7H3,(H,79,80)(H,81,82)/t66?,67-,68-,69-/m1/s1. The van der Waals surface area contributed by atoms with Crippen LogP contribution >= 0.6 is 15.6 Å². The summed E-state index contributed by atoms with van der Waals surface area (Å²) in [5.41, 5.74) is 0. The van der Waals surface area contributed by atoms with Crippen LogP contribution in [0.2, 0.25) is 0 Å². The van der Waals surface area contributed by atoms with Crippen molar-refractivity contribution in [2.24, 2.45) is 17.8 Å². The Balaban J connectivity index is 5.28. The molecule has 92 heavy (non-hydrogen) atoms. The Morgan fingerprint density at radius 1 is 0.315 bits per heavy atom. The van der Waals surface area contributed by atoms with Gasteiger partial charge in [0.25, 0.3) is 0 Å². The van der Waals surface area contributed by atoms with Crippen molar-refractivity contribution in [3.05, 3.63) is 0 Å². The first kappa shape index (κ1) is 90.1. The monoisotopic (exact) mass is 1350 g/mol. The first-order chi connectivity index (χ1) is 44.3. The molecule has 0 radical (unpaired) electrons. The molecule has 0 heterocycles. The maximum absolute atomic E-state index is 13.0. The minimum atomic E-state index is -4.95. The molecule has 6 atom stereocenters. The van der Waals surface area contributed by atoms with Gasteiger partial charge in [-0.25, -0.2) is 9.13 Å². The van der Waals surface area contributed by atoms with Gasteiger partial charge in [-0.1, -0.05) is 318 Å². The fraction of sp³-hybridized carbons (Fsp3) is 0.945. The van der Waals surface area contributed by atoms with Crippen molar-refractivity contribution in [1.29, 1.82) is 0 Å². The summed E-state index contributed by atoms with van der Waals surface area (Å²) in [6, 6.07) is 0. The highest BCUT2D eigenvalue weighted by molar-refractivity contribution is 7.47. The van der Waals surface area contributed by atoms with Crippen molar-refractivity contribution < 1.29 is 80.2 Å². The Labute approximate surface area is 562 Å². The third-order valence-corrected chi connectivity index (χ3v) is 19.1. The highest BCUT2D eigenvalue weighted by Gasteiger charge is 2.30. The zero-order chi connectivity index (χ0) is 68.0. The highest BCUT2D eigenvalue weighted by atomic mass is 31.2. The topological polar surface area (TPSA) is 237 Å². The fourth-order valence-electron chi connectivity index (χ4n) is 11.0. The molecule has 0 aliphatic carbocycles. The van der Waals surface area contributed by atoms with Crippen LogP contribution in [0, 0.1) is 17.8 Å². The number of carbonyl (C=O) groups is 4. The SMILES string of the molecule is CCCCCCCCCCCCCCCCC(=O)O[C@H](COC(=O)CCCCCCCCCCCCC(C)C)COP(=O)(O)OC[C@@H](O)COP(=O)(O)OC[C@@H](COC(=O)CCCCCCCCCCC(C)CC)OC(=O)CCCCCCCCCCCCC(C)C. The third-order valence-electron chi connectivity index (χ3n) is 17.2. The molecule has 3 unspecified atom stereocenters. The molecule has 0 saturated carbocycles. The average Bonchev–Trinajstić information content (AvgIpc) is 2.97. The normalized spacial score (nSPS) is 14.4. The largest absolute Gasteiger partial charge is 0.472 e. The van der Waals surface area contributed by atoms with E-state index in [0.717, 1.165) is 108 Å². The zero-order valence-corrected chi connectivity index (χ0v) is 61.8. The second-order valence-corrected chi connectivity index (χ2v) is 30.4. The van der Waals surface area contributed by atoms with Crippen LogP contribution in [0.5, 0.6) is 0 Å². The third kappa shape index (κ3) is 65.4. The number of aliphatic hydroxyl groups excluding tert-OH is 1. The van der Waals surface area contributed by atoms with Crippen molar-refractivity contribution in [3.8, 4) is 0 Å². The Bertz CT molecular complexity index is 1800. The van der Waals surface area contributed by atoms with Crippen molar-refractivity contribution in [2.75, 3.05) is 39.6 Å². The maximum atomic E-state index is 13.0. The number of phosphoric ester groups is 2. The number of ether oxygens (including phenoxy) is 4. The second-order valence-electron chi connectivity index (χ2n) is 27.5. The quantitative estimate of drug-likeness (QED) is 0.0222. The van der Waals surface area contributed by atoms with Crippen LogP contribution in [0.4, 0.5) is 0 Å². The molecule has 17 nitrogen and oxygen atoms in total. The van der Waals surface area contributed by atoms with Crippen molar-refractivity contribution >= 4 is 39.5 Å². The van der Waals surface area contributed by atoms with Gasteiger partial charge in [0.1, 0.15) is 19.3 Å². The summed E-state index contributed by atoms with van der Waals surface area (Å²) in [5.74, 6) is 0.167. The summed E-state index contributed by atoms with van der Waals surface area (Å²) >= 11 is 0. The van der Waals surface area contributed by atoms with Gasteiger partial charge in [-0.05, 0) is 43.4 Å². The lowest BCUT2D eigenvalue weighted by Crippen LogP contribution is -2.30. The van der Waals surface area contributed by atoms with E-state index in [0.29, 0.717) is 25.7 Å². The van der Waals surface area contributed by atoms with Gasteiger partial charge in [0.15, 0.2) is 12.2 Å². The van der Waals surface area contributed by atoms with Crippen LogP contribution in [0.25, 0.3) is 0 Å². The van der Waals surface area contributed by atoms with Crippen LogP contribution in [0.3, 0.4) is 0 Å². The molecule has 3 N–H and O–H groups in total. The molecule has 0 spiro atoms. The number of carbonyl (C=O) groups excluding carboxylic acids is 4. The molecule has 0 aliphatic rings. The number of unbranched alkanes of at least 4 members (excludes halogenated alkanes) is 38. The molecule has 0 bridgehead atoms. The lowest BCUT2D eigenvalue weighted by atomic mass is 9.99. The highest BCUT2D eigenvalue weighted by Crippen LogP contribution is 2.45. The molecular weight excluding hydrogens is 1210 g/mol. The number of esters is 4. The summed E-state index contributed by atoms with van der Waals surface area (Å²) in [7, 11) is -9.91. The molecule has 0 aromatic carbocycles. The van der Waals surface area contributed by atoms with Gasteiger partial charge in [0.05, 0.1) is 26.4 Å². The number of aliphatic hydroxyl groups is 1. The molecule has 0 saturated heterocycles. The van der Waals surface area contributed by atoms with E-state index in [2.05, 4.69) is 48.5 Å². The van der Waals surface area contributed by atoms with Crippen molar-refractivity contribution in [3.63, 3.8) is 0 Å². The van der Waals surface area contributed by atoms with Crippen molar-refractivity contribution in [1.82, 2.24) is 0 Å². The van der Waals surface area contributed by atoms with Gasteiger partial charge < -0.3 is 33.8 Å². The second kappa shape index (κ2) is 63.8. The summed E-state index contributed by atoms with van der Waals surface area (Å²) in [4.78, 5) is 72.7. The van der Waals surface area contributed by atoms with E-state index in [4.69, 9.17) is 37.0 Å². The van der Waals surface area contributed by atoms with Gasteiger partial charge in [-0.3, -0.25) is 37.3 Å². The summed E-state index contributed by atoms with van der Waals surface area (Å²) < 4.78 is 68.4. The predicted octanol–water partition coefficient (Wildman–Crippen LogP) is 21.0. The Kier molecular flexibility index (Phi) is 62.4. The maximum Gasteiger partial charge on any atom is 0.472 e. The lowest BCUT2D eigenvalue weighted by Gasteiger charge is -2.21. The average molecular weight is 1350 g/mol. The number of hydrogen-bond donors (Lipinski definition) is 3. The summed E-state index contributed by atoms with van der Waals surface area (Å²) in [6.45, 7) is 11.9. The van der Waals surface area contributed by atoms with E-state index in [-0.39, 0.29) is 25.7 Å². The van der Waals surface area contributed by atoms with Gasteiger partial charge in [-0.2, -0.15) is 0 Å². The number of rotatable bonds is 71. The number of hydrogen-bond acceptors (Lipinski definition) is 15. The molecule has 546 valence electrons. The van der Waals surface area contributed by atoms with E-state index < -0.39 is 97.5 Å². The Hall–Kier alpha value is -1.94. The van der Waals surface area contributed by atoms with Crippen LogP contribution in [-0.2, 0) is 65.4 Å². The van der Waals surface area contributed by atoms with Gasteiger partial charge in [0.2, 0.25) is 0 Å². The molecule has 0 amide bonds. The number of phosphoric acid groups is 2. The Morgan fingerprint density at radius 2 is 0.554 bits per heavy atom. The van der Waals surface area contributed by atoms with Crippen LogP contribution in [0.15, 0.2) is 0 Å². The minimum absolute atomic E-state index is 0.105. The molecule has 0 aliphatic heterocycles. The lowest BCUT2D eigenvalue weighted by molar-refractivity contribution is -0.161. The van der Waals surface area contributed by atoms with Crippen LogP contribution < -0.4 is 0 Å². The molecule has 0 fully saturated rings. The first-order valence-electron chi connectivity index (χ1n) is 37.9.